The number of hydrogen-bond donors (Lipinski definition) is 1. The Labute approximate surface area is 253 Å². The van der Waals surface area contributed by atoms with Gasteiger partial charge in [0.05, 0.1) is 10.6 Å². The molecule has 0 aromatic heterocycles. The Bertz CT molecular complexity index is 1470. The average Bonchev–Trinajstić information content (AvgIpc) is 3.44. The first-order valence-electron chi connectivity index (χ1n) is 12.9. The fraction of sp³-hybridized carbons (Fsp3) is 0.310. The Morgan fingerprint density at radius 1 is 1.00 bits per heavy atom. The Balaban J connectivity index is 1.70. The standard InChI is InChI=1S/C29H30BrCl2N3O4S/c1-20(29(37)33-24-9-5-6-10-24)34(18-21-14-15-23(31)17-27(21)32)28(36)19-35(25-11-7-8-22(30)16-25)40(38,39)26-12-3-2-4-13-26/h2-4,7-8,11-17,20,24H,5-6,9-10,18-19H2,1H3,(H,33,37)/t20-/m1/s1. The molecular formula is C29H30BrCl2N3O4S. The maximum absolute atomic E-state index is 14.0. The van der Waals surface area contributed by atoms with Crippen LogP contribution in [-0.4, -0.2) is 43.8 Å². The summed E-state index contributed by atoms with van der Waals surface area (Å²) in [6, 6.07) is 18.7. The number of carbonyl (C=O) groups excluding carboxylic acids is 2. The molecule has 1 aliphatic rings. The Hall–Kier alpha value is -2.59. The molecule has 3 aromatic rings. The summed E-state index contributed by atoms with van der Waals surface area (Å²) in [5.41, 5.74) is 0.888. The van der Waals surface area contributed by atoms with Crippen LogP contribution in [0.1, 0.15) is 38.2 Å². The number of amides is 2. The minimum Gasteiger partial charge on any atom is -0.352 e. The van der Waals surface area contributed by atoms with E-state index < -0.39 is 28.5 Å². The third-order valence-corrected chi connectivity index (χ3v) is 9.80. The van der Waals surface area contributed by atoms with Crippen molar-refractivity contribution in [3.05, 3.63) is 92.9 Å². The van der Waals surface area contributed by atoms with Crippen LogP contribution in [0.3, 0.4) is 0 Å². The first kappa shape index (κ1) is 30.4. The van der Waals surface area contributed by atoms with Crippen molar-refractivity contribution in [1.29, 1.82) is 0 Å². The zero-order chi connectivity index (χ0) is 28.9. The number of sulfonamides is 1. The fourth-order valence-electron chi connectivity index (χ4n) is 4.69. The molecule has 1 N–H and O–H groups in total. The van der Waals surface area contributed by atoms with Crippen molar-refractivity contribution in [3.8, 4) is 0 Å². The van der Waals surface area contributed by atoms with Crippen LogP contribution in [0.2, 0.25) is 10.0 Å². The second-order valence-electron chi connectivity index (χ2n) is 9.73. The molecule has 0 aliphatic heterocycles. The molecule has 1 aliphatic carbocycles. The number of benzene rings is 3. The molecule has 3 aromatic carbocycles. The lowest BCUT2D eigenvalue weighted by atomic mass is 10.1. The summed E-state index contributed by atoms with van der Waals surface area (Å²) >= 11 is 15.9. The Morgan fingerprint density at radius 2 is 1.70 bits per heavy atom. The number of halogens is 3. The van der Waals surface area contributed by atoms with E-state index in [1.807, 2.05) is 0 Å². The number of carbonyl (C=O) groups is 2. The van der Waals surface area contributed by atoms with Crippen LogP contribution in [0.15, 0.2) is 82.2 Å². The van der Waals surface area contributed by atoms with Crippen LogP contribution in [-0.2, 0) is 26.2 Å². The number of anilines is 1. The highest BCUT2D eigenvalue weighted by atomic mass is 79.9. The summed E-state index contributed by atoms with van der Waals surface area (Å²) < 4.78 is 29.3. The third kappa shape index (κ3) is 7.37. The molecular weight excluding hydrogens is 637 g/mol. The molecule has 11 heteroatoms. The van der Waals surface area contributed by atoms with Gasteiger partial charge in [-0.05, 0) is 67.8 Å². The zero-order valence-corrected chi connectivity index (χ0v) is 25.8. The first-order valence-corrected chi connectivity index (χ1v) is 15.9. The van der Waals surface area contributed by atoms with Crippen molar-refractivity contribution >= 4 is 66.7 Å². The summed E-state index contributed by atoms with van der Waals surface area (Å²) in [6.45, 7) is 1.10. The van der Waals surface area contributed by atoms with Gasteiger partial charge in [0.2, 0.25) is 11.8 Å². The summed E-state index contributed by atoms with van der Waals surface area (Å²) in [6.07, 6.45) is 3.87. The van der Waals surface area contributed by atoms with E-state index in [0.717, 1.165) is 30.0 Å². The van der Waals surface area contributed by atoms with Crippen LogP contribution in [0, 0.1) is 0 Å². The first-order chi connectivity index (χ1) is 19.1. The highest BCUT2D eigenvalue weighted by molar-refractivity contribution is 9.10. The van der Waals surface area contributed by atoms with Gasteiger partial charge in [0.25, 0.3) is 10.0 Å². The van der Waals surface area contributed by atoms with E-state index in [2.05, 4.69) is 21.2 Å². The number of nitrogens with zero attached hydrogens (tertiary/aromatic N) is 2. The van der Waals surface area contributed by atoms with Crippen LogP contribution in [0.4, 0.5) is 5.69 Å². The predicted molar refractivity (Wildman–Crippen MR) is 162 cm³/mol. The van der Waals surface area contributed by atoms with Gasteiger partial charge in [0, 0.05) is 27.1 Å². The lowest BCUT2D eigenvalue weighted by molar-refractivity contribution is -0.139. The van der Waals surface area contributed by atoms with Gasteiger partial charge >= 0.3 is 0 Å². The van der Waals surface area contributed by atoms with Crippen LogP contribution >= 0.6 is 39.1 Å². The van der Waals surface area contributed by atoms with Gasteiger partial charge in [-0.15, -0.1) is 0 Å². The second kappa shape index (κ2) is 13.4. The summed E-state index contributed by atoms with van der Waals surface area (Å²) in [4.78, 5) is 28.7. The SMILES string of the molecule is C[C@H](C(=O)NC1CCCC1)N(Cc1ccc(Cl)cc1Cl)C(=O)CN(c1cccc(Br)c1)S(=O)(=O)c1ccccc1. The molecule has 1 saturated carbocycles. The molecule has 0 spiro atoms. The molecule has 0 saturated heterocycles. The highest BCUT2D eigenvalue weighted by Gasteiger charge is 2.33. The van der Waals surface area contributed by atoms with Crippen molar-refractivity contribution in [2.45, 2.75) is 56.1 Å². The van der Waals surface area contributed by atoms with Crippen LogP contribution in [0.5, 0.6) is 0 Å². The van der Waals surface area contributed by atoms with Gasteiger partial charge in [-0.1, -0.05) is 82.3 Å². The number of hydrogen-bond acceptors (Lipinski definition) is 4. The van der Waals surface area contributed by atoms with Crippen molar-refractivity contribution in [2.24, 2.45) is 0 Å². The van der Waals surface area contributed by atoms with Crippen LogP contribution < -0.4 is 9.62 Å². The molecule has 1 atom stereocenters. The molecule has 1 fully saturated rings. The maximum atomic E-state index is 14.0. The van der Waals surface area contributed by atoms with E-state index in [-0.39, 0.29) is 23.4 Å². The monoisotopic (exact) mass is 665 g/mol. The van der Waals surface area contributed by atoms with Gasteiger partial charge < -0.3 is 10.2 Å². The lowest BCUT2D eigenvalue weighted by Crippen LogP contribution is -2.52. The van der Waals surface area contributed by atoms with Gasteiger partial charge in [-0.2, -0.15) is 0 Å². The molecule has 0 unspecified atom stereocenters. The van der Waals surface area contributed by atoms with E-state index in [1.165, 1.54) is 17.0 Å². The normalized spacial score (nSPS) is 14.5. The largest absolute Gasteiger partial charge is 0.352 e. The summed E-state index contributed by atoms with van der Waals surface area (Å²) in [7, 11) is -4.13. The number of nitrogens with one attached hydrogen (secondary N) is 1. The molecule has 4 rings (SSSR count). The van der Waals surface area contributed by atoms with E-state index in [4.69, 9.17) is 23.2 Å². The Morgan fingerprint density at radius 3 is 2.35 bits per heavy atom. The molecule has 212 valence electrons. The molecule has 0 radical (unpaired) electrons. The van der Waals surface area contributed by atoms with E-state index in [1.54, 1.807) is 67.6 Å². The smallest absolute Gasteiger partial charge is 0.264 e. The minimum atomic E-state index is -4.13. The Kier molecular flexibility index (Phi) is 10.2. The molecule has 2 amide bonds. The van der Waals surface area contributed by atoms with Gasteiger partial charge in [0.15, 0.2) is 0 Å². The maximum Gasteiger partial charge on any atom is 0.264 e. The molecule has 0 bridgehead atoms. The fourth-order valence-corrected chi connectivity index (χ4v) is 6.97. The summed E-state index contributed by atoms with van der Waals surface area (Å²) in [5.74, 6) is -0.857. The summed E-state index contributed by atoms with van der Waals surface area (Å²) in [5, 5.41) is 3.83. The van der Waals surface area contributed by atoms with Crippen molar-refractivity contribution < 1.29 is 18.0 Å². The highest BCUT2D eigenvalue weighted by Crippen LogP contribution is 2.28. The molecule has 7 nitrogen and oxygen atoms in total. The topological polar surface area (TPSA) is 86.8 Å². The van der Waals surface area contributed by atoms with Crippen molar-refractivity contribution in [2.75, 3.05) is 10.8 Å². The lowest BCUT2D eigenvalue weighted by Gasteiger charge is -2.32. The minimum absolute atomic E-state index is 0.00814. The van der Waals surface area contributed by atoms with Crippen molar-refractivity contribution in [1.82, 2.24) is 10.2 Å². The zero-order valence-electron chi connectivity index (χ0n) is 21.9. The quantitative estimate of drug-likeness (QED) is 0.270. The van der Waals surface area contributed by atoms with Crippen molar-refractivity contribution in [3.63, 3.8) is 0 Å². The average molecular weight is 667 g/mol. The van der Waals surface area contributed by atoms with E-state index >= 15 is 0 Å². The second-order valence-corrected chi connectivity index (χ2v) is 13.3. The van der Waals surface area contributed by atoms with E-state index in [9.17, 15) is 18.0 Å². The van der Waals surface area contributed by atoms with Gasteiger partial charge in [-0.3, -0.25) is 13.9 Å². The van der Waals surface area contributed by atoms with Gasteiger partial charge in [-0.25, -0.2) is 8.42 Å². The van der Waals surface area contributed by atoms with Crippen LogP contribution in [0.25, 0.3) is 0 Å². The molecule has 40 heavy (non-hydrogen) atoms. The predicted octanol–water partition coefficient (Wildman–Crippen LogP) is 6.43. The third-order valence-electron chi connectivity index (χ3n) is 6.93. The van der Waals surface area contributed by atoms with Gasteiger partial charge in [0.1, 0.15) is 12.6 Å². The molecule has 0 heterocycles. The van der Waals surface area contributed by atoms with E-state index in [0.29, 0.717) is 25.8 Å². The number of rotatable bonds is 10.